The molecule has 0 aliphatic rings. The molecule has 0 radical (unpaired) electrons. The van der Waals surface area contributed by atoms with Gasteiger partial charge in [0.05, 0.1) is 23.7 Å². The Morgan fingerprint density at radius 3 is 2.41 bits per heavy atom. The number of pyridine rings is 1. The molecule has 39 heavy (non-hydrogen) atoms. The number of carbonyl (C=O) groups excluding carboxylic acids is 1. The molecule has 2 aromatic carbocycles. The van der Waals surface area contributed by atoms with Crippen molar-refractivity contribution in [3.63, 3.8) is 0 Å². The fourth-order valence-electron chi connectivity index (χ4n) is 4.17. The number of carbonyl (C=O) groups is 1. The summed E-state index contributed by atoms with van der Waals surface area (Å²) in [5.74, 6) is -3.79. The van der Waals surface area contributed by atoms with Gasteiger partial charge in [-0.05, 0) is 54.8 Å². The van der Waals surface area contributed by atoms with E-state index in [1.165, 1.54) is 33.4 Å². The molecule has 0 fully saturated rings. The van der Waals surface area contributed by atoms with E-state index < -0.39 is 52.5 Å². The maximum atomic E-state index is 15.8. The number of aromatic nitrogens is 3. The third-order valence-corrected chi connectivity index (χ3v) is 6.30. The van der Waals surface area contributed by atoms with Crippen molar-refractivity contribution in [1.82, 2.24) is 14.5 Å². The summed E-state index contributed by atoms with van der Waals surface area (Å²) in [5, 5.41) is 10.7. The number of rotatable bonds is 6. The van der Waals surface area contributed by atoms with Crippen LogP contribution in [-0.2, 0) is 19.9 Å². The molecule has 204 valence electrons. The minimum Gasteiger partial charge on any atom is -0.345 e. The van der Waals surface area contributed by atoms with Crippen LogP contribution in [0.25, 0.3) is 11.3 Å². The molecule has 6 nitrogen and oxygen atoms in total. The minimum absolute atomic E-state index is 0.0549. The molecule has 2 N–H and O–H groups in total. The van der Waals surface area contributed by atoms with Crippen molar-refractivity contribution in [1.29, 1.82) is 5.41 Å². The van der Waals surface area contributed by atoms with Gasteiger partial charge >= 0.3 is 6.30 Å². The number of imidazole rings is 1. The second-order valence-electron chi connectivity index (χ2n) is 9.14. The molecule has 1 atom stereocenters. The average molecular weight is 549 g/mol. The van der Waals surface area contributed by atoms with E-state index >= 15 is 4.39 Å². The van der Waals surface area contributed by atoms with Crippen LogP contribution in [0.5, 0.6) is 0 Å². The van der Waals surface area contributed by atoms with Crippen LogP contribution in [0.1, 0.15) is 40.0 Å². The molecular formula is C27H24F6N5O+. The van der Waals surface area contributed by atoms with Crippen LogP contribution in [0.4, 0.5) is 26.3 Å². The highest BCUT2D eigenvalue weighted by Gasteiger charge is 2.45. The first kappa shape index (κ1) is 27.7. The molecule has 0 aliphatic heterocycles. The van der Waals surface area contributed by atoms with Crippen molar-refractivity contribution in [2.75, 3.05) is 0 Å². The van der Waals surface area contributed by atoms with Crippen molar-refractivity contribution in [3.8, 4) is 11.3 Å². The second kappa shape index (κ2) is 10.4. The first-order chi connectivity index (χ1) is 18.3. The predicted octanol–water partition coefficient (Wildman–Crippen LogP) is 5.00. The van der Waals surface area contributed by atoms with Gasteiger partial charge in [-0.15, -0.1) is 13.2 Å². The summed E-state index contributed by atoms with van der Waals surface area (Å²) in [6.07, 6.45) is -1.75. The predicted molar refractivity (Wildman–Crippen MR) is 129 cm³/mol. The van der Waals surface area contributed by atoms with Crippen molar-refractivity contribution >= 4 is 5.91 Å². The van der Waals surface area contributed by atoms with Crippen LogP contribution >= 0.6 is 0 Å². The molecule has 0 spiro atoms. The van der Waals surface area contributed by atoms with Gasteiger partial charge in [0.1, 0.15) is 11.6 Å². The van der Waals surface area contributed by atoms with E-state index in [9.17, 15) is 26.7 Å². The van der Waals surface area contributed by atoms with Gasteiger partial charge in [-0.25, -0.2) is 13.2 Å². The van der Waals surface area contributed by atoms with Crippen LogP contribution in [0, 0.1) is 29.8 Å². The molecular weight excluding hydrogens is 524 g/mol. The summed E-state index contributed by atoms with van der Waals surface area (Å²) in [6, 6.07) is 7.37. The lowest BCUT2D eigenvalue weighted by atomic mass is 9.99. The molecule has 2 aromatic heterocycles. The molecule has 4 rings (SSSR count). The van der Waals surface area contributed by atoms with E-state index in [0.717, 1.165) is 18.2 Å². The number of nitrogens with one attached hydrogen (secondary N) is 2. The molecule has 0 aliphatic carbocycles. The molecule has 2 heterocycles. The molecule has 0 saturated heterocycles. The Bertz CT molecular complexity index is 1620. The third-order valence-electron chi connectivity index (χ3n) is 6.30. The van der Waals surface area contributed by atoms with Crippen molar-refractivity contribution in [2.45, 2.75) is 32.7 Å². The zero-order valence-corrected chi connectivity index (χ0v) is 21.1. The monoisotopic (exact) mass is 548 g/mol. The highest BCUT2D eigenvalue weighted by Crippen LogP contribution is 2.29. The summed E-state index contributed by atoms with van der Waals surface area (Å²) < 4.78 is 87.1. The van der Waals surface area contributed by atoms with Gasteiger partial charge in [-0.2, -0.15) is 0 Å². The average Bonchev–Trinajstić information content (AvgIpc) is 3.18. The zero-order chi connectivity index (χ0) is 28.6. The molecule has 0 unspecified atom stereocenters. The Hall–Kier alpha value is -4.35. The fraction of sp³-hybridized carbons (Fsp3) is 0.222. The summed E-state index contributed by atoms with van der Waals surface area (Å²) >= 11 is 0. The van der Waals surface area contributed by atoms with E-state index in [-0.39, 0.29) is 28.5 Å². The topological polar surface area (TPSA) is 66.7 Å². The summed E-state index contributed by atoms with van der Waals surface area (Å²) in [5.41, 5.74) is -0.695. The largest absolute Gasteiger partial charge is 0.638 e. The van der Waals surface area contributed by atoms with Gasteiger partial charge in [0.2, 0.25) is 17.5 Å². The van der Waals surface area contributed by atoms with Crippen LogP contribution in [0.15, 0.2) is 61.1 Å². The molecule has 1 amide bonds. The Morgan fingerprint density at radius 2 is 1.79 bits per heavy atom. The number of benzene rings is 2. The number of aryl methyl sites for hydroxylation is 2. The summed E-state index contributed by atoms with van der Waals surface area (Å²) in [4.78, 5) is 13.2. The van der Waals surface area contributed by atoms with E-state index in [0.29, 0.717) is 11.1 Å². The smallest absolute Gasteiger partial charge is 0.345 e. The number of nitrogens with zero attached hydrogens (tertiary/aromatic N) is 3. The second-order valence-corrected chi connectivity index (χ2v) is 9.14. The number of amides is 1. The number of hydrogen-bond acceptors (Lipinski definition) is 2. The standard InChI is InChI=1S/C27H23F6N5O/c1-15-10-18(4-6-22(15)29)16(2)35-25(39)21-12-17(13-37-9-8-36(3)26(37)34)11-20(24(21)30)23-7-5-19(28)14-38(23)27(31,32)33/h4-12,14,16,34H,13H2,1-3H3/p+1/t16-/m0/s1. The number of halogens is 6. The SMILES string of the molecule is Cc1cc([C@H](C)NC(=O)c2cc(Cn3ccn(C)c3=N)cc(-c3ccc(F)c[n+]3C(F)(F)F)c2F)ccc1F. The maximum Gasteiger partial charge on any atom is 0.638 e. The van der Waals surface area contributed by atoms with Crippen molar-refractivity contribution in [3.05, 3.63) is 106 Å². The summed E-state index contributed by atoms with van der Waals surface area (Å²) in [6.45, 7) is 3.08. The van der Waals surface area contributed by atoms with E-state index in [4.69, 9.17) is 5.41 Å². The number of alkyl halides is 3. The fourth-order valence-corrected chi connectivity index (χ4v) is 4.17. The lowest BCUT2D eigenvalue weighted by Crippen LogP contribution is -2.49. The Morgan fingerprint density at radius 1 is 1.08 bits per heavy atom. The van der Waals surface area contributed by atoms with Crippen molar-refractivity contribution < 1.29 is 35.7 Å². The molecule has 12 heteroatoms. The maximum absolute atomic E-state index is 15.8. The third kappa shape index (κ3) is 5.74. The van der Waals surface area contributed by atoms with Gasteiger partial charge in [-0.3, -0.25) is 10.2 Å². The highest BCUT2D eigenvalue weighted by molar-refractivity contribution is 5.96. The quantitative estimate of drug-likeness (QED) is 0.259. The lowest BCUT2D eigenvalue weighted by molar-refractivity contribution is -0.847. The van der Waals surface area contributed by atoms with Crippen LogP contribution in [0.2, 0.25) is 0 Å². The first-order valence-corrected chi connectivity index (χ1v) is 11.7. The van der Waals surface area contributed by atoms with Crippen molar-refractivity contribution in [2.24, 2.45) is 7.05 Å². The van der Waals surface area contributed by atoms with Crippen LogP contribution in [0.3, 0.4) is 0 Å². The van der Waals surface area contributed by atoms with Gasteiger partial charge in [0, 0.05) is 25.5 Å². The van der Waals surface area contributed by atoms with Crippen LogP contribution in [-0.4, -0.2) is 15.0 Å². The normalized spacial score (nSPS) is 12.4. The van der Waals surface area contributed by atoms with Crippen LogP contribution < -0.4 is 15.5 Å². The van der Waals surface area contributed by atoms with Gasteiger partial charge in [0.25, 0.3) is 5.91 Å². The first-order valence-electron chi connectivity index (χ1n) is 11.7. The van der Waals surface area contributed by atoms with Gasteiger partial charge < -0.3 is 14.5 Å². The Balaban J connectivity index is 1.83. The molecule has 0 bridgehead atoms. The Kier molecular flexibility index (Phi) is 7.40. The zero-order valence-electron chi connectivity index (χ0n) is 21.1. The molecule has 0 saturated carbocycles. The van der Waals surface area contributed by atoms with Gasteiger partial charge in [-0.1, -0.05) is 16.7 Å². The lowest BCUT2D eigenvalue weighted by Gasteiger charge is -2.17. The number of hydrogen-bond donors (Lipinski definition) is 2. The van der Waals surface area contributed by atoms with Gasteiger partial charge in [0.15, 0.2) is 5.82 Å². The van der Waals surface area contributed by atoms with E-state index in [1.807, 2.05) is 0 Å². The van der Waals surface area contributed by atoms with E-state index in [2.05, 4.69) is 5.32 Å². The molecule has 4 aromatic rings. The van der Waals surface area contributed by atoms with E-state index in [1.54, 1.807) is 33.3 Å². The Labute approximate surface area is 219 Å². The minimum atomic E-state index is -5.08. The summed E-state index contributed by atoms with van der Waals surface area (Å²) in [7, 11) is 1.62. The highest BCUT2D eigenvalue weighted by atomic mass is 19.4.